The Bertz CT molecular complexity index is 793. The van der Waals surface area contributed by atoms with Gasteiger partial charge in [0.05, 0.1) is 11.8 Å². The molecular weight excluding hydrogens is 377 g/mol. The average molecular weight is 408 g/mol. The van der Waals surface area contributed by atoms with Crippen LogP contribution in [0.25, 0.3) is 0 Å². The van der Waals surface area contributed by atoms with Gasteiger partial charge in [-0.2, -0.15) is 0 Å². The minimum Gasteiger partial charge on any atom is -0.325 e. The molecule has 1 amide bonds. The van der Waals surface area contributed by atoms with Gasteiger partial charge in [-0.15, -0.1) is 10.2 Å². The SMILES string of the molecule is CCCCn1c(SCC(=O)Nc2ccc(C)c(F)c2)nnc1C(CC)N(C)C. The number of halogens is 1. The lowest BCUT2D eigenvalue weighted by Crippen LogP contribution is -2.23. The zero-order chi connectivity index (χ0) is 20.7. The first-order valence-corrected chi connectivity index (χ1v) is 10.6. The van der Waals surface area contributed by atoms with Gasteiger partial charge < -0.3 is 9.88 Å². The van der Waals surface area contributed by atoms with Crippen LogP contribution in [0, 0.1) is 12.7 Å². The van der Waals surface area contributed by atoms with Crippen LogP contribution in [0.5, 0.6) is 0 Å². The highest BCUT2D eigenvalue weighted by Gasteiger charge is 2.22. The predicted octanol–water partition coefficient (Wildman–Crippen LogP) is 4.27. The van der Waals surface area contributed by atoms with Gasteiger partial charge in [0.25, 0.3) is 0 Å². The maximum Gasteiger partial charge on any atom is 0.234 e. The van der Waals surface area contributed by atoms with E-state index in [-0.39, 0.29) is 23.5 Å². The minimum absolute atomic E-state index is 0.183. The molecule has 0 saturated heterocycles. The zero-order valence-corrected chi connectivity index (χ0v) is 18.1. The predicted molar refractivity (Wildman–Crippen MR) is 112 cm³/mol. The van der Waals surface area contributed by atoms with E-state index >= 15 is 0 Å². The fraction of sp³-hybridized carbons (Fsp3) is 0.550. The zero-order valence-electron chi connectivity index (χ0n) is 17.3. The Morgan fingerprint density at radius 3 is 2.68 bits per heavy atom. The van der Waals surface area contributed by atoms with Crippen molar-refractivity contribution < 1.29 is 9.18 Å². The van der Waals surface area contributed by atoms with Gasteiger partial charge in [0.15, 0.2) is 11.0 Å². The van der Waals surface area contributed by atoms with Gasteiger partial charge in [0, 0.05) is 12.2 Å². The van der Waals surface area contributed by atoms with Gasteiger partial charge in [-0.25, -0.2) is 4.39 Å². The van der Waals surface area contributed by atoms with E-state index in [2.05, 4.69) is 38.8 Å². The van der Waals surface area contributed by atoms with Crippen LogP contribution >= 0.6 is 11.8 Å². The Labute approximate surface area is 170 Å². The number of hydrogen-bond donors (Lipinski definition) is 1. The molecule has 0 aliphatic rings. The van der Waals surface area contributed by atoms with Crippen LogP contribution in [-0.2, 0) is 11.3 Å². The number of thioether (sulfide) groups is 1. The van der Waals surface area contributed by atoms with Crippen LogP contribution in [0.1, 0.15) is 50.5 Å². The molecule has 2 aromatic rings. The Kier molecular flexibility index (Phi) is 8.44. The Morgan fingerprint density at radius 1 is 1.32 bits per heavy atom. The summed E-state index contributed by atoms with van der Waals surface area (Å²) >= 11 is 1.36. The topological polar surface area (TPSA) is 63.1 Å². The van der Waals surface area contributed by atoms with Crippen LogP contribution in [-0.4, -0.2) is 45.4 Å². The van der Waals surface area contributed by atoms with E-state index in [9.17, 15) is 9.18 Å². The molecule has 1 atom stereocenters. The van der Waals surface area contributed by atoms with Crippen molar-refractivity contribution in [2.45, 2.75) is 57.8 Å². The van der Waals surface area contributed by atoms with Crippen LogP contribution in [0.2, 0.25) is 0 Å². The van der Waals surface area contributed by atoms with E-state index < -0.39 is 0 Å². The molecule has 1 aromatic heterocycles. The largest absolute Gasteiger partial charge is 0.325 e. The summed E-state index contributed by atoms with van der Waals surface area (Å²) in [5.41, 5.74) is 1.01. The van der Waals surface area contributed by atoms with Crippen molar-refractivity contribution in [3.05, 3.63) is 35.4 Å². The maximum atomic E-state index is 13.6. The second-order valence-electron chi connectivity index (χ2n) is 7.03. The van der Waals surface area contributed by atoms with E-state index in [4.69, 9.17) is 0 Å². The van der Waals surface area contributed by atoms with E-state index in [0.29, 0.717) is 11.3 Å². The molecule has 28 heavy (non-hydrogen) atoms. The van der Waals surface area contributed by atoms with Gasteiger partial charge >= 0.3 is 0 Å². The Hall–Kier alpha value is -1.93. The summed E-state index contributed by atoms with van der Waals surface area (Å²) < 4.78 is 15.8. The van der Waals surface area contributed by atoms with Crippen molar-refractivity contribution in [1.29, 1.82) is 0 Å². The molecule has 0 aliphatic carbocycles. The first kappa shape index (κ1) is 22.4. The van der Waals surface area contributed by atoms with Crippen LogP contribution in [0.15, 0.2) is 23.4 Å². The molecule has 0 spiro atoms. The highest BCUT2D eigenvalue weighted by molar-refractivity contribution is 7.99. The lowest BCUT2D eigenvalue weighted by molar-refractivity contribution is -0.113. The molecule has 1 unspecified atom stereocenters. The Morgan fingerprint density at radius 2 is 2.07 bits per heavy atom. The van der Waals surface area contributed by atoms with Gasteiger partial charge in [-0.05, 0) is 51.6 Å². The quantitative estimate of drug-likeness (QED) is 0.596. The number of hydrogen-bond acceptors (Lipinski definition) is 5. The van der Waals surface area contributed by atoms with E-state index in [1.807, 2.05) is 14.1 Å². The number of nitrogens with one attached hydrogen (secondary N) is 1. The molecule has 6 nitrogen and oxygen atoms in total. The molecule has 1 N–H and O–H groups in total. The summed E-state index contributed by atoms with van der Waals surface area (Å²) in [6, 6.07) is 4.87. The third-order valence-electron chi connectivity index (χ3n) is 4.58. The van der Waals surface area contributed by atoms with E-state index in [1.165, 1.54) is 17.8 Å². The van der Waals surface area contributed by atoms with Crippen molar-refractivity contribution in [3.8, 4) is 0 Å². The maximum absolute atomic E-state index is 13.6. The summed E-state index contributed by atoms with van der Waals surface area (Å²) in [6.07, 6.45) is 3.03. The van der Waals surface area contributed by atoms with Crippen LogP contribution < -0.4 is 5.32 Å². The van der Waals surface area contributed by atoms with Crippen LogP contribution in [0.4, 0.5) is 10.1 Å². The number of aromatic nitrogens is 3. The van der Waals surface area contributed by atoms with E-state index in [0.717, 1.165) is 36.8 Å². The summed E-state index contributed by atoms with van der Waals surface area (Å²) in [7, 11) is 4.07. The van der Waals surface area contributed by atoms with Gasteiger partial charge in [0.2, 0.25) is 5.91 Å². The second kappa shape index (κ2) is 10.6. The molecule has 8 heteroatoms. The molecule has 154 valence electrons. The molecule has 0 aliphatic heterocycles. The third kappa shape index (κ3) is 5.78. The lowest BCUT2D eigenvalue weighted by atomic mass is 10.2. The van der Waals surface area contributed by atoms with Crippen molar-refractivity contribution in [2.75, 3.05) is 25.2 Å². The third-order valence-corrected chi connectivity index (χ3v) is 5.54. The first-order valence-electron chi connectivity index (χ1n) is 9.65. The molecule has 0 bridgehead atoms. The number of carbonyl (C=O) groups excluding carboxylic acids is 1. The number of carbonyl (C=O) groups is 1. The van der Waals surface area contributed by atoms with Crippen molar-refractivity contribution in [3.63, 3.8) is 0 Å². The normalized spacial score (nSPS) is 12.4. The number of rotatable bonds is 10. The van der Waals surface area contributed by atoms with Crippen molar-refractivity contribution in [2.24, 2.45) is 0 Å². The fourth-order valence-corrected chi connectivity index (χ4v) is 3.73. The number of amides is 1. The van der Waals surface area contributed by atoms with Gasteiger partial charge in [-0.1, -0.05) is 38.1 Å². The summed E-state index contributed by atoms with van der Waals surface area (Å²) in [4.78, 5) is 14.4. The first-order chi connectivity index (χ1) is 13.4. The number of unbranched alkanes of at least 4 members (excludes halogenated alkanes) is 1. The smallest absolute Gasteiger partial charge is 0.234 e. The molecule has 1 heterocycles. The fourth-order valence-electron chi connectivity index (χ4n) is 2.96. The molecule has 0 saturated carbocycles. The lowest BCUT2D eigenvalue weighted by Gasteiger charge is -2.23. The monoisotopic (exact) mass is 407 g/mol. The molecule has 0 radical (unpaired) electrons. The summed E-state index contributed by atoms with van der Waals surface area (Å²) in [5.74, 6) is 0.603. The van der Waals surface area contributed by atoms with E-state index in [1.54, 1.807) is 19.1 Å². The highest BCUT2D eigenvalue weighted by Crippen LogP contribution is 2.26. The number of nitrogens with zero attached hydrogens (tertiary/aromatic N) is 4. The van der Waals surface area contributed by atoms with Gasteiger partial charge in [-0.3, -0.25) is 9.69 Å². The molecule has 2 rings (SSSR count). The molecular formula is C20H30FN5OS. The molecule has 1 aromatic carbocycles. The number of benzene rings is 1. The van der Waals surface area contributed by atoms with Crippen molar-refractivity contribution >= 4 is 23.4 Å². The number of aryl methyl sites for hydroxylation is 1. The highest BCUT2D eigenvalue weighted by atomic mass is 32.2. The molecule has 0 fully saturated rings. The minimum atomic E-state index is -0.330. The standard InChI is InChI=1S/C20H30FN5OS/c1-6-8-11-26-19(17(7-2)25(4)5)23-24-20(26)28-13-18(27)22-15-10-9-14(3)16(21)12-15/h9-10,12,17H,6-8,11,13H2,1-5H3,(H,22,27). The second-order valence-corrected chi connectivity index (χ2v) is 7.98. The summed E-state index contributed by atoms with van der Waals surface area (Å²) in [5, 5.41) is 12.2. The average Bonchev–Trinajstić information content (AvgIpc) is 3.04. The van der Waals surface area contributed by atoms with Crippen LogP contribution in [0.3, 0.4) is 0 Å². The van der Waals surface area contributed by atoms with Crippen molar-refractivity contribution in [1.82, 2.24) is 19.7 Å². The summed E-state index contributed by atoms with van der Waals surface area (Å²) in [6.45, 7) is 6.80. The Balaban J connectivity index is 2.08. The number of anilines is 1. The van der Waals surface area contributed by atoms with Gasteiger partial charge in [0.1, 0.15) is 5.82 Å².